The minimum atomic E-state index is -0.651. The molecule has 0 bridgehead atoms. The fourth-order valence-corrected chi connectivity index (χ4v) is 3.80. The molecular weight excluding hydrogens is 366 g/mol. The molecule has 1 saturated heterocycles. The summed E-state index contributed by atoms with van der Waals surface area (Å²) in [5, 5.41) is 0. The number of esters is 1. The van der Waals surface area contributed by atoms with Crippen LogP contribution in [0.4, 0.5) is 0 Å². The number of ether oxygens (including phenoxy) is 1. The van der Waals surface area contributed by atoms with Crippen molar-refractivity contribution in [1.82, 2.24) is 23.6 Å². The van der Waals surface area contributed by atoms with Crippen molar-refractivity contribution in [1.29, 1.82) is 0 Å². The van der Waals surface area contributed by atoms with Gasteiger partial charge in [-0.05, 0) is 18.3 Å². The standard InChI is InChI=1S/C18H25N5O5/c1-11-5-12(2)7-22(6-11)13(24)9-28-14(25)8-23-10-19-16-15(23)17(26)21(4)18(27)20(16)3/h10-12H,5-9H2,1-4H3. The molecule has 0 aliphatic carbocycles. The highest BCUT2D eigenvalue weighted by Gasteiger charge is 2.26. The van der Waals surface area contributed by atoms with E-state index in [0.717, 1.165) is 11.0 Å². The van der Waals surface area contributed by atoms with Crippen LogP contribution in [0.25, 0.3) is 11.2 Å². The molecule has 2 unspecified atom stereocenters. The van der Waals surface area contributed by atoms with E-state index in [1.165, 1.54) is 29.6 Å². The molecule has 0 spiro atoms. The van der Waals surface area contributed by atoms with Crippen molar-refractivity contribution < 1.29 is 14.3 Å². The van der Waals surface area contributed by atoms with Crippen molar-refractivity contribution in [2.24, 2.45) is 25.9 Å². The van der Waals surface area contributed by atoms with E-state index in [0.29, 0.717) is 24.9 Å². The smallest absolute Gasteiger partial charge is 0.332 e. The van der Waals surface area contributed by atoms with E-state index in [9.17, 15) is 19.2 Å². The van der Waals surface area contributed by atoms with E-state index >= 15 is 0 Å². The first-order chi connectivity index (χ1) is 13.2. The lowest BCUT2D eigenvalue weighted by atomic mass is 9.92. The number of carbonyl (C=O) groups excluding carboxylic acids is 2. The molecule has 1 aliphatic heterocycles. The van der Waals surface area contributed by atoms with Gasteiger partial charge in [0.05, 0.1) is 6.33 Å². The molecule has 2 atom stereocenters. The quantitative estimate of drug-likeness (QED) is 0.649. The summed E-state index contributed by atoms with van der Waals surface area (Å²) in [7, 11) is 2.86. The monoisotopic (exact) mass is 391 g/mol. The highest BCUT2D eigenvalue weighted by atomic mass is 16.5. The molecule has 10 heteroatoms. The second-order valence-corrected chi connectivity index (χ2v) is 7.66. The minimum Gasteiger partial charge on any atom is -0.454 e. The average Bonchev–Trinajstić information content (AvgIpc) is 3.05. The zero-order chi connectivity index (χ0) is 20.6. The zero-order valence-corrected chi connectivity index (χ0v) is 16.5. The molecule has 0 radical (unpaired) electrons. The van der Waals surface area contributed by atoms with Gasteiger partial charge in [-0.15, -0.1) is 0 Å². The van der Waals surface area contributed by atoms with E-state index in [1.54, 1.807) is 4.90 Å². The lowest BCUT2D eigenvalue weighted by Gasteiger charge is -2.34. The summed E-state index contributed by atoms with van der Waals surface area (Å²) in [5.41, 5.74) is -0.725. The maximum atomic E-state index is 12.4. The largest absolute Gasteiger partial charge is 0.454 e. The first-order valence-corrected chi connectivity index (χ1v) is 9.23. The topological polar surface area (TPSA) is 108 Å². The number of imidazole rings is 1. The molecular formula is C18H25N5O5. The normalized spacial score (nSPS) is 19.8. The Morgan fingerprint density at radius 2 is 1.79 bits per heavy atom. The first kappa shape index (κ1) is 19.8. The van der Waals surface area contributed by atoms with E-state index in [2.05, 4.69) is 18.8 Å². The fourth-order valence-electron chi connectivity index (χ4n) is 3.80. The van der Waals surface area contributed by atoms with Crippen LogP contribution in [0.1, 0.15) is 20.3 Å². The lowest BCUT2D eigenvalue weighted by Crippen LogP contribution is -2.44. The Hall–Kier alpha value is -2.91. The number of likely N-dealkylation sites (tertiary alicyclic amines) is 1. The first-order valence-electron chi connectivity index (χ1n) is 9.23. The van der Waals surface area contributed by atoms with Crippen molar-refractivity contribution in [2.75, 3.05) is 19.7 Å². The molecule has 1 fully saturated rings. The molecule has 0 saturated carbocycles. The molecule has 152 valence electrons. The summed E-state index contributed by atoms with van der Waals surface area (Å²) < 4.78 is 8.64. The van der Waals surface area contributed by atoms with Crippen LogP contribution in [0.3, 0.4) is 0 Å². The highest BCUT2D eigenvalue weighted by Crippen LogP contribution is 2.20. The Bertz CT molecular complexity index is 1020. The molecule has 2 aromatic rings. The van der Waals surface area contributed by atoms with Crippen LogP contribution in [0.15, 0.2) is 15.9 Å². The number of rotatable bonds is 4. The van der Waals surface area contributed by atoms with Crippen LogP contribution in [0.2, 0.25) is 0 Å². The van der Waals surface area contributed by atoms with Gasteiger partial charge in [-0.25, -0.2) is 9.78 Å². The van der Waals surface area contributed by atoms with Crippen molar-refractivity contribution in [2.45, 2.75) is 26.8 Å². The molecule has 0 N–H and O–H groups in total. The summed E-state index contributed by atoms with van der Waals surface area (Å²) in [5.74, 6) is -0.0330. The number of hydrogen-bond donors (Lipinski definition) is 0. The Balaban J connectivity index is 1.68. The van der Waals surface area contributed by atoms with Crippen LogP contribution >= 0.6 is 0 Å². The van der Waals surface area contributed by atoms with E-state index < -0.39 is 17.2 Å². The van der Waals surface area contributed by atoms with Crippen LogP contribution < -0.4 is 11.2 Å². The van der Waals surface area contributed by atoms with Gasteiger partial charge in [0.2, 0.25) is 0 Å². The number of piperidine rings is 1. The molecule has 0 aromatic carbocycles. The van der Waals surface area contributed by atoms with Crippen molar-refractivity contribution in [3.8, 4) is 0 Å². The summed E-state index contributed by atoms with van der Waals surface area (Å²) in [4.78, 5) is 54.6. The molecule has 3 rings (SSSR count). The molecule has 28 heavy (non-hydrogen) atoms. The van der Waals surface area contributed by atoms with Gasteiger partial charge in [0.1, 0.15) is 6.54 Å². The third-order valence-corrected chi connectivity index (χ3v) is 5.09. The fraction of sp³-hybridized carbons (Fsp3) is 0.611. The molecule has 3 heterocycles. The Morgan fingerprint density at radius 3 is 2.43 bits per heavy atom. The van der Waals surface area contributed by atoms with Crippen molar-refractivity contribution in [3.63, 3.8) is 0 Å². The Morgan fingerprint density at radius 1 is 1.14 bits per heavy atom. The molecule has 10 nitrogen and oxygen atoms in total. The van der Waals surface area contributed by atoms with Crippen LogP contribution in [-0.2, 0) is 35.0 Å². The Labute approximate surface area is 161 Å². The van der Waals surface area contributed by atoms with Gasteiger partial charge < -0.3 is 14.2 Å². The number of hydrogen-bond acceptors (Lipinski definition) is 6. The van der Waals surface area contributed by atoms with Crippen LogP contribution in [-0.4, -0.2) is 55.2 Å². The van der Waals surface area contributed by atoms with E-state index in [4.69, 9.17) is 4.74 Å². The number of nitrogens with zero attached hydrogens (tertiary/aromatic N) is 5. The molecule has 2 aromatic heterocycles. The highest BCUT2D eigenvalue weighted by molar-refractivity contribution is 5.81. The molecule has 1 amide bonds. The maximum absolute atomic E-state index is 12.4. The second-order valence-electron chi connectivity index (χ2n) is 7.66. The van der Waals surface area contributed by atoms with Crippen LogP contribution in [0.5, 0.6) is 0 Å². The summed E-state index contributed by atoms with van der Waals surface area (Å²) in [6, 6.07) is 0. The third-order valence-electron chi connectivity index (χ3n) is 5.09. The average molecular weight is 391 g/mol. The maximum Gasteiger partial charge on any atom is 0.332 e. The van der Waals surface area contributed by atoms with E-state index in [1.807, 2.05) is 0 Å². The Kier molecular flexibility index (Phi) is 5.39. The number of fused-ring (bicyclic) bond motifs is 1. The van der Waals surface area contributed by atoms with Gasteiger partial charge in [-0.1, -0.05) is 13.8 Å². The zero-order valence-electron chi connectivity index (χ0n) is 16.5. The predicted molar refractivity (Wildman–Crippen MR) is 101 cm³/mol. The van der Waals surface area contributed by atoms with Gasteiger partial charge in [0.25, 0.3) is 11.5 Å². The summed E-state index contributed by atoms with van der Waals surface area (Å²) in [6.07, 6.45) is 2.39. The van der Waals surface area contributed by atoms with Crippen molar-refractivity contribution >= 4 is 23.0 Å². The van der Waals surface area contributed by atoms with E-state index in [-0.39, 0.29) is 30.2 Å². The number of carbonyl (C=O) groups is 2. The van der Waals surface area contributed by atoms with Gasteiger partial charge in [0, 0.05) is 27.2 Å². The van der Waals surface area contributed by atoms with Gasteiger partial charge in [-0.2, -0.15) is 0 Å². The minimum absolute atomic E-state index is 0.131. The third kappa shape index (κ3) is 3.71. The van der Waals surface area contributed by atoms with Crippen molar-refractivity contribution in [3.05, 3.63) is 27.2 Å². The number of aromatic nitrogens is 4. The summed E-state index contributed by atoms with van der Waals surface area (Å²) >= 11 is 0. The van der Waals surface area contributed by atoms with Gasteiger partial charge in [0.15, 0.2) is 17.8 Å². The lowest BCUT2D eigenvalue weighted by molar-refractivity contribution is -0.153. The van der Waals surface area contributed by atoms with Gasteiger partial charge >= 0.3 is 11.7 Å². The summed E-state index contributed by atoms with van der Waals surface area (Å²) in [6.45, 7) is 4.92. The van der Waals surface area contributed by atoms with Gasteiger partial charge in [-0.3, -0.25) is 23.5 Å². The predicted octanol–water partition coefficient (Wildman–Crippen LogP) is -0.519. The SMILES string of the molecule is CC1CC(C)CN(C(=O)COC(=O)Cn2cnc3c2c(=O)n(C)c(=O)n3C)C1. The molecule has 1 aliphatic rings. The number of aryl methyl sites for hydroxylation is 1. The number of amides is 1. The van der Waals surface area contributed by atoms with Crippen LogP contribution in [0, 0.1) is 11.8 Å². The second kappa shape index (κ2) is 7.61.